The topological polar surface area (TPSA) is 57.8 Å². The van der Waals surface area contributed by atoms with Crippen molar-refractivity contribution in [2.45, 2.75) is 17.9 Å². The molecule has 0 saturated heterocycles. The summed E-state index contributed by atoms with van der Waals surface area (Å²) in [5.41, 5.74) is 1.94. The summed E-state index contributed by atoms with van der Waals surface area (Å²) >= 11 is 1.60. The van der Waals surface area contributed by atoms with Crippen molar-refractivity contribution in [2.75, 3.05) is 5.75 Å². The van der Waals surface area contributed by atoms with E-state index in [0.29, 0.717) is 6.42 Å². The number of fused-ring (bicyclic) bond motifs is 1. The predicted octanol–water partition coefficient (Wildman–Crippen LogP) is 3.01. The summed E-state index contributed by atoms with van der Waals surface area (Å²) in [6, 6.07) is 8.01. The maximum absolute atomic E-state index is 11.8. The Bertz CT molecular complexity index is 687. The summed E-state index contributed by atoms with van der Waals surface area (Å²) in [5, 5.41) is 12.2. The third-order valence-corrected chi connectivity index (χ3v) is 4.05. The smallest absolute Gasteiger partial charge is 0.225 e. The van der Waals surface area contributed by atoms with Crippen molar-refractivity contribution in [3.63, 3.8) is 0 Å². The normalized spacial score (nSPS) is 13.7. The Kier molecular flexibility index (Phi) is 3.87. The highest BCUT2D eigenvalue weighted by Crippen LogP contribution is 2.25. The number of para-hydroxylation sites is 1. The molecule has 0 fully saturated rings. The van der Waals surface area contributed by atoms with Crippen LogP contribution in [0.25, 0.3) is 10.9 Å². The van der Waals surface area contributed by atoms with Gasteiger partial charge in [-0.15, -0.1) is 11.8 Å². The van der Waals surface area contributed by atoms with Crippen LogP contribution >= 0.6 is 11.8 Å². The van der Waals surface area contributed by atoms with Crippen LogP contribution in [0.2, 0.25) is 0 Å². The number of nitrogens with one attached hydrogen (secondary N) is 2. The molecule has 0 aliphatic heterocycles. The second-order valence-electron chi connectivity index (χ2n) is 4.52. The maximum Gasteiger partial charge on any atom is 0.225 e. The predicted molar refractivity (Wildman–Crippen MR) is 81.4 cm³/mol. The number of nitrogens with zero attached hydrogens (tertiary/aromatic N) is 1. The van der Waals surface area contributed by atoms with Gasteiger partial charge >= 0.3 is 0 Å². The van der Waals surface area contributed by atoms with Crippen molar-refractivity contribution in [3.05, 3.63) is 48.2 Å². The van der Waals surface area contributed by atoms with Crippen LogP contribution in [0, 0.1) is 0 Å². The second-order valence-corrected chi connectivity index (χ2v) is 5.60. The number of benzene rings is 1. The molecule has 1 aromatic carbocycles. The first-order valence-electron chi connectivity index (χ1n) is 6.55. The Hall–Kier alpha value is -2.01. The Morgan fingerprint density at radius 1 is 1.40 bits per heavy atom. The van der Waals surface area contributed by atoms with Gasteiger partial charge in [0, 0.05) is 23.3 Å². The number of hydrogen-bond acceptors (Lipinski definition) is 3. The largest absolute Gasteiger partial charge is 0.326 e. The van der Waals surface area contributed by atoms with Gasteiger partial charge in [-0.25, -0.2) is 0 Å². The summed E-state index contributed by atoms with van der Waals surface area (Å²) in [6.45, 7) is 0. The van der Waals surface area contributed by atoms with Crippen molar-refractivity contribution in [2.24, 2.45) is 0 Å². The average molecular weight is 285 g/mol. The molecule has 5 heteroatoms. The number of H-pyrrole nitrogens is 1. The fourth-order valence-electron chi connectivity index (χ4n) is 2.06. The third kappa shape index (κ3) is 2.93. The summed E-state index contributed by atoms with van der Waals surface area (Å²) in [5.74, 6) is 0.771. The van der Waals surface area contributed by atoms with E-state index in [1.54, 1.807) is 11.8 Å². The highest BCUT2D eigenvalue weighted by atomic mass is 32.2. The number of hydrogen-bond donors (Lipinski definition) is 2. The van der Waals surface area contributed by atoms with Gasteiger partial charge in [0.2, 0.25) is 5.91 Å². The monoisotopic (exact) mass is 285 g/mol. The number of aromatic nitrogens is 2. The van der Waals surface area contributed by atoms with E-state index in [9.17, 15) is 4.79 Å². The van der Waals surface area contributed by atoms with E-state index in [2.05, 4.69) is 15.5 Å². The molecule has 1 aliphatic rings. The van der Waals surface area contributed by atoms with E-state index >= 15 is 0 Å². The van der Waals surface area contributed by atoms with Crippen LogP contribution in [0.15, 0.2) is 53.2 Å². The first-order chi connectivity index (χ1) is 9.83. The summed E-state index contributed by atoms with van der Waals surface area (Å²) in [6.07, 6.45) is 7.36. The van der Waals surface area contributed by atoms with Gasteiger partial charge in [-0.3, -0.25) is 9.89 Å². The summed E-state index contributed by atoms with van der Waals surface area (Å²) in [4.78, 5) is 11.8. The Labute approximate surface area is 121 Å². The van der Waals surface area contributed by atoms with Crippen LogP contribution in [0.4, 0.5) is 0 Å². The maximum atomic E-state index is 11.8. The molecule has 0 radical (unpaired) electrons. The van der Waals surface area contributed by atoms with Crippen LogP contribution in [-0.2, 0) is 4.79 Å². The molecular weight excluding hydrogens is 270 g/mol. The molecule has 3 rings (SSSR count). The molecule has 20 heavy (non-hydrogen) atoms. The summed E-state index contributed by atoms with van der Waals surface area (Å²) in [7, 11) is 0. The lowest BCUT2D eigenvalue weighted by Crippen LogP contribution is -2.21. The average Bonchev–Trinajstić information content (AvgIpc) is 3.09. The fraction of sp³-hybridized carbons (Fsp3) is 0.200. The molecule has 0 unspecified atom stereocenters. The first kappa shape index (κ1) is 13.0. The lowest BCUT2D eigenvalue weighted by atomic mass is 10.3. The van der Waals surface area contributed by atoms with Gasteiger partial charge in [-0.05, 0) is 18.6 Å². The van der Waals surface area contributed by atoms with Crippen LogP contribution in [-0.4, -0.2) is 21.9 Å². The Morgan fingerprint density at radius 2 is 2.30 bits per heavy atom. The minimum absolute atomic E-state index is 0.0511. The molecule has 0 saturated carbocycles. The molecule has 4 nitrogen and oxygen atoms in total. The minimum Gasteiger partial charge on any atom is -0.326 e. The summed E-state index contributed by atoms with van der Waals surface area (Å²) < 4.78 is 0. The second kappa shape index (κ2) is 5.96. The van der Waals surface area contributed by atoms with E-state index in [-0.39, 0.29) is 5.91 Å². The highest BCUT2D eigenvalue weighted by Gasteiger charge is 2.08. The molecule has 1 aliphatic carbocycles. The molecule has 102 valence electrons. The number of aromatic amines is 1. The highest BCUT2D eigenvalue weighted by molar-refractivity contribution is 7.99. The quantitative estimate of drug-likeness (QED) is 0.830. The zero-order chi connectivity index (χ0) is 13.8. The molecule has 2 N–H and O–H groups in total. The van der Waals surface area contributed by atoms with Crippen molar-refractivity contribution >= 4 is 28.6 Å². The molecular formula is C15H15N3OS. The molecule has 1 amide bonds. The van der Waals surface area contributed by atoms with Crippen LogP contribution in [0.1, 0.15) is 12.8 Å². The van der Waals surface area contributed by atoms with Gasteiger partial charge in [0.1, 0.15) is 5.03 Å². The molecule has 2 aromatic rings. The van der Waals surface area contributed by atoms with Crippen molar-refractivity contribution in [1.82, 2.24) is 15.5 Å². The zero-order valence-corrected chi connectivity index (χ0v) is 11.7. The van der Waals surface area contributed by atoms with Crippen molar-refractivity contribution in [1.29, 1.82) is 0 Å². The number of rotatable bonds is 5. The van der Waals surface area contributed by atoms with E-state index < -0.39 is 0 Å². The number of amides is 1. The van der Waals surface area contributed by atoms with Gasteiger partial charge < -0.3 is 5.32 Å². The lowest BCUT2D eigenvalue weighted by molar-refractivity contribution is -0.119. The van der Waals surface area contributed by atoms with Gasteiger partial charge in [0.25, 0.3) is 0 Å². The van der Waals surface area contributed by atoms with E-state index in [1.807, 2.05) is 42.5 Å². The van der Waals surface area contributed by atoms with Gasteiger partial charge in [0.15, 0.2) is 0 Å². The third-order valence-electron chi connectivity index (χ3n) is 3.06. The van der Waals surface area contributed by atoms with Gasteiger partial charge in [0.05, 0.1) is 5.52 Å². The standard InChI is InChI=1S/C15H15N3OS/c19-14(16-11-5-1-2-6-11)9-10-20-15-12-7-3-4-8-13(12)17-18-15/h1,3-8H,2,9-10H2,(H,16,19)(H,17,18). The van der Waals surface area contributed by atoms with Crippen LogP contribution < -0.4 is 5.32 Å². The van der Waals surface area contributed by atoms with E-state index in [1.165, 1.54) is 0 Å². The number of thioether (sulfide) groups is 1. The minimum atomic E-state index is 0.0511. The molecule has 1 heterocycles. The zero-order valence-electron chi connectivity index (χ0n) is 10.9. The van der Waals surface area contributed by atoms with Crippen LogP contribution in [0.5, 0.6) is 0 Å². The molecule has 1 aromatic heterocycles. The number of carbonyl (C=O) groups excluding carboxylic acids is 1. The number of allylic oxidation sites excluding steroid dienone is 3. The Morgan fingerprint density at radius 3 is 3.15 bits per heavy atom. The molecule has 0 atom stereocenters. The van der Waals surface area contributed by atoms with Gasteiger partial charge in [-0.1, -0.05) is 30.4 Å². The SMILES string of the molecule is O=C(CCSc1n[nH]c2ccccc12)NC1=CCC=C1. The molecule has 0 bridgehead atoms. The molecule has 0 spiro atoms. The first-order valence-corrected chi connectivity index (χ1v) is 7.54. The van der Waals surface area contributed by atoms with Crippen molar-refractivity contribution < 1.29 is 4.79 Å². The van der Waals surface area contributed by atoms with E-state index in [0.717, 1.165) is 33.8 Å². The van der Waals surface area contributed by atoms with E-state index in [4.69, 9.17) is 0 Å². The van der Waals surface area contributed by atoms with Crippen molar-refractivity contribution in [3.8, 4) is 0 Å². The van der Waals surface area contributed by atoms with Gasteiger partial charge in [-0.2, -0.15) is 5.10 Å². The number of carbonyl (C=O) groups is 1. The Balaban J connectivity index is 1.52. The lowest BCUT2D eigenvalue weighted by Gasteiger charge is -2.03. The fourth-order valence-corrected chi connectivity index (χ4v) is 2.99. The van der Waals surface area contributed by atoms with Crippen LogP contribution in [0.3, 0.4) is 0 Å².